The van der Waals surface area contributed by atoms with Gasteiger partial charge in [-0.2, -0.15) is 0 Å². The van der Waals surface area contributed by atoms with Crippen molar-refractivity contribution in [2.24, 2.45) is 5.92 Å². The molecule has 0 N–H and O–H groups in total. The Kier molecular flexibility index (Phi) is 4.28. The first-order chi connectivity index (χ1) is 8.74. The Morgan fingerprint density at radius 3 is 2.83 bits per heavy atom. The lowest BCUT2D eigenvalue weighted by atomic mass is 10.1. The van der Waals surface area contributed by atoms with Crippen LogP contribution in [0.1, 0.15) is 55.0 Å². The number of aryl methyl sites for hydroxylation is 1. The van der Waals surface area contributed by atoms with E-state index in [1.165, 1.54) is 12.8 Å². The average molecular weight is 248 g/mol. The summed E-state index contributed by atoms with van der Waals surface area (Å²) in [5.41, 5.74) is 1.36. The zero-order valence-electron chi connectivity index (χ0n) is 11.1. The number of hydrogen-bond donors (Lipinski definition) is 0. The predicted octanol–water partition coefficient (Wildman–Crippen LogP) is 2.56. The van der Waals surface area contributed by atoms with Crippen LogP contribution in [0.2, 0.25) is 0 Å². The molecule has 0 amide bonds. The smallest absolute Gasteiger partial charge is 0.341 e. The molecule has 1 fully saturated rings. The lowest BCUT2D eigenvalue weighted by molar-refractivity contribution is 0.0524. The molecule has 98 valence electrons. The number of rotatable bonds is 6. The first-order valence-electron chi connectivity index (χ1n) is 6.76. The number of carbonyl (C=O) groups excluding carboxylic acids is 1. The van der Waals surface area contributed by atoms with Crippen molar-refractivity contribution in [3.05, 3.63) is 23.3 Å². The summed E-state index contributed by atoms with van der Waals surface area (Å²) < 4.78 is 5.03. The van der Waals surface area contributed by atoms with E-state index in [2.05, 4.69) is 16.9 Å². The lowest BCUT2D eigenvalue weighted by Gasteiger charge is -2.08. The molecular formula is C14H20N2O2. The Labute approximate surface area is 108 Å². The van der Waals surface area contributed by atoms with Crippen LogP contribution >= 0.6 is 0 Å². The van der Waals surface area contributed by atoms with E-state index in [0.29, 0.717) is 12.2 Å². The van der Waals surface area contributed by atoms with Gasteiger partial charge >= 0.3 is 5.97 Å². The molecule has 1 aromatic rings. The van der Waals surface area contributed by atoms with Crippen LogP contribution in [-0.4, -0.2) is 22.5 Å². The maximum absolute atomic E-state index is 11.8. The molecule has 1 saturated carbocycles. The van der Waals surface area contributed by atoms with E-state index >= 15 is 0 Å². The van der Waals surface area contributed by atoms with Gasteiger partial charge in [-0.05, 0) is 32.1 Å². The molecule has 0 saturated heterocycles. The van der Waals surface area contributed by atoms with Gasteiger partial charge in [-0.25, -0.2) is 14.8 Å². The molecule has 4 nitrogen and oxygen atoms in total. The summed E-state index contributed by atoms with van der Waals surface area (Å²) in [5, 5.41) is 0. The Morgan fingerprint density at radius 1 is 1.44 bits per heavy atom. The first kappa shape index (κ1) is 13.0. The highest BCUT2D eigenvalue weighted by molar-refractivity contribution is 5.90. The van der Waals surface area contributed by atoms with E-state index in [4.69, 9.17) is 4.74 Å². The van der Waals surface area contributed by atoms with Crippen molar-refractivity contribution in [2.75, 3.05) is 6.61 Å². The van der Waals surface area contributed by atoms with Gasteiger partial charge in [0, 0.05) is 12.6 Å². The van der Waals surface area contributed by atoms with Gasteiger partial charge in [0.05, 0.1) is 17.9 Å². The fourth-order valence-corrected chi connectivity index (χ4v) is 1.94. The number of nitrogens with zero attached hydrogens (tertiary/aromatic N) is 2. The molecular weight excluding hydrogens is 228 g/mol. The maximum Gasteiger partial charge on any atom is 0.341 e. The minimum Gasteiger partial charge on any atom is -0.462 e. The molecule has 0 atom stereocenters. The third kappa shape index (κ3) is 3.28. The zero-order valence-corrected chi connectivity index (χ0v) is 11.1. The normalized spacial score (nSPS) is 14.6. The highest BCUT2D eigenvalue weighted by Crippen LogP contribution is 2.31. The third-order valence-corrected chi connectivity index (χ3v) is 3.07. The van der Waals surface area contributed by atoms with Crippen LogP contribution in [0, 0.1) is 5.92 Å². The molecule has 1 aromatic heterocycles. The maximum atomic E-state index is 11.8. The van der Waals surface area contributed by atoms with Gasteiger partial charge in [0.15, 0.2) is 0 Å². The summed E-state index contributed by atoms with van der Waals surface area (Å²) >= 11 is 0. The summed E-state index contributed by atoms with van der Waals surface area (Å²) in [6, 6.07) is 0. The molecule has 18 heavy (non-hydrogen) atoms. The van der Waals surface area contributed by atoms with Crippen LogP contribution in [0.5, 0.6) is 0 Å². The third-order valence-electron chi connectivity index (χ3n) is 3.07. The number of ether oxygens (including phenoxy) is 1. The second-order valence-electron chi connectivity index (χ2n) is 4.76. The zero-order chi connectivity index (χ0) is 13.0. The molecule has 1 aliphatic carbocycles. The SMILES string of the molecule is CCCc1nc(CC2CC2)ncc1C(=O)OCC. The van der Waals surface area contributed by atoms with Crippen molar-refractivity contribution < 1.29 is 9.53 Å². The summed E-state index contributed by atoms with van der Waals surface area (Å²) in [6.07, 6.45) is 6.91. The number of aromatic nitrogens is 2. The Bertz CT molecular complexity index is 428. The summed E-state index contributed by atoms with van der Waals surface area (Å²) in [6.45, 7) is 4.27. The van der Waals surface area contributed by atoms with Gasteiger partial charge < -0.3 is 4.74 Å². The van der Waals surface area contributed by atoms with E-state index in [1.807, 2.05) is 0 Å². The monoisotopic (exact) mass is 248 g/mol. The number of hydrogen-bond acceptors (Lipinski definition) is 4. The molecule has 2 rings (SSSR count). The molecule has 0 bridgehead atoms. The van der Waals surface area contributed by atoms with Crippen LogP contribution in [0.3, 0.4) is 0 Å². The van der Waals surface area contributed by atoms with Crippen LogP contribution in [0.4, 0.5) is 0 Å². The highest BCUT2D eigenvalue weighted by atomic mass is 16.5. The Hall–Kier alpha value is -1.45. The summed E-state index contributed by atoms with van der Waals surface area (Å²) in [4.78, 5) is 20.6. The molecule has 0 unspecified atom stereocenters. The van der Waals surface area contributed by atoms with E-state index < -0.39 is 0 Å². The number of carbonyl (C=O) groups is 1. The molecule has 0 spiro atoms. The van der Waals surface area contributed by atoms with Crippen molar-refractivity contribution in [3.63, 3.8) is 0 Å². The standard InChI is InChI=1S/C14H20N2O2/c1-3-5-12-11(14(17)18-4-2)9-15-13(16-12)8-10-6-7-10/h9-10H,3-8H2,1-2H3. The van der Waals surface area contributed by atoms with Crippen molar-refractivity contribution in [1.82, 2.24) is 9.97 Å². The second kappa shape index (κ2) is 5.94. The summed E-state index contributed by atoms with van der Waals surface area (Å²) in [7, 11) is 0. The number of esters is 1. The van der Waals surface area contributed by atoms with E-state index in [0.717, 1.165) is 36.7 Å². The molecule has 0 aromatic carbocycles. The van der Waals surface area contributed by atoms with Crippen LogP contribution in [0.25, 0.3) is 0 Å². The molecule has 0 aliphatic heterocycles. The van der Waals surface area contributed by atoms with Gasteiger partial charge in [0.1, 0.15) is 5.82 Å². The van der Waals surface area contributed by atoms with E-state index in [1.54, 1.807) is 13.1 Å². The van der Waals surface area contributed by atoms with E-state index in [9.17, 15) is 4.79 Å². The van der Waals surface area contributed by atoms with E-state index in [-0.39, 0.29) is 5.97 Å². The molecule has 1 heterocycles. The highest BCUT2D eigenvalue weighted by Gasteiger charge is 2.24. The van der Waals surface area contributed by atoms with Gasteiger partial charge in [-0.3, -0.25) is 0 Å². The minimum absolute atomic E-state index is 0.307. The second-order valence-corrected chi connectivity index (χ2v) is 4.76. The minimum atomic E-state index is -0.307. The molecule has 4 heteroatoms. The largest absolute Gasteiger partial charge is 0.462 e. The van der Waals surface area contributed by atoms with Crippen molar-refractivity contribution in [1.29, 1.82) is 0 Å². The van der Waals surface area contributed by atoms with Gasteiger partial charge in [0.25, 0.3) is 0 Å². The van der Waals surface area contributed by atoms with Crippen LogP contribution in [-0.2, 0) is 17.6 Å². The fourth-order valence-electron chi connectivity index (χ4n) is 1.94. The predicted molar refractivity (Wildman–Crippen MR) is 68.4 cm³/mol. The Morgan fingerprint density at radius 2 is 2.22 bits per heavy atom. The molecule has 0 radical (unpaired) electrons. The van der Waals surface area contributed by atoms with Gasteiger partial charge in [0.2, 0.25) is 0 Å². The lowest BCUT2D eigenvalue weighted by Crippen LogP contribution is -2.12. The van der Waals surface area contributed by atoms with Crippen LogP contribution in [0.15, 0.2) is 6.20 Å². The fraction of sp³-hybridized carbons (Fsp3) is 0.643. The molecule has 1 aliphatic rings. The van der Waals surface area contributed by atoms with Crippen LogP contribution < -0.4 is 0 Å². The first-order valence-corrected chi connectivity index (χ1v) is 6.76. The van der Waals surface area contributed by atoms with Gasteiger partial charge in [-0.1, -0.05) is 13.3 Å². The Balaban J connectivity index is 2.18. The summed E-state index contributed by atoms with van der Waals surface area (Å²) in [5.74, 6) is 1.32. The quantitative estimate of drug-likeness (QED) is 0.726. The van der Waals surface area contributed by atoms with Crippen molar-refractivity contribution >= 4 is 5.97 Å². The van der Waals surface area contributed by atoms with Crippen molar-refractivity contribution in [3.8, 4) is 0 Å². The van der Waals surface area contributed by atoms with Crippen molar-refractivity contribution in [2.45, 2.75) is 46.0 Å². The average Bonchev–Trinajstić information content (AvgIpc) is 3.14. The van der Waals surface area contributed by atoms with Gasteiger partial charge in [-0.15, -0.1) is 0 Å². The topological polar surface area (TPSA) is 52.1 Å².